The van der Waals surface area contributed by atoms with Gasteiger partial charge in [-0.3, -0.25) is 4.68 Å². The number of amides is 2. The van der Waals surface area contributed by atoms with E-state index in [-0.39, 0.29) is 23.2 Å². The molecule has 2 aromatic carbocycles. The molecule has 1 aliphatic heterocycles. The fourth-order valence-corrected chi connectivity index (χ4v) is 4.71. The van der Waals surface area contributed by atoms with Crippen LogP contribution in [0, 0.1) is 11.6 Å². The number of aryl methyl sites for hydroxylation is 1. The van der Waals surface area contributed by atoms with Crippen molar-refractivity contribution in [1.29, 1.82) is 0 Å². The first-order valence-corrected chi connectivity index (χ1v) is 11.9. The number of para-hydroxylation sites is 1. The largest absolute Gasteiger partial charge is 0.503 e. The van der Waals surface area contributed by atoms with Crippen LogP contribution in [0.2, 0.25) is 0 Å². The van der Waals surface area contributed by atoms with Gasteiger partial charge in [0.1, 0.15) is 11.5 Å². The molecule has 0 radical (unpaired) electrons. The SMILES string of the molecule is CC1CN(C(=O)Nc2ccccc2)CCN1c1cc2c(cn1)c(-c1cc(C(F)(F)F)c(F)c(O)c1F)nn2C. The first-order valence-electron chi connectivity index (χ1n) is 11.9. The summed E-state index contributed by atoms with van der Waals surface area (Å²) in [6, 6.07) is 10.7. The maximum Gasteiger partial charge on any atom is 0.419 e. The highest BCUT2D eigenvalue weighted by molar-refractivity contribution is 5.94. The minimum Gasteiger partial charge on any atom is -0.503 e. The molecule has 2 aromatic heterocycles. The van der Waals surface area contributed by atoms with Crippen molar-refractivity contribution in [3.63, 3.8) is 0 Å². The van der Waals surface area contributed by atoms with E-state index < -0.39 is 34.7 Å². The lowest BCUT2D eigenvalue weighted by Crippen LogP contribution is -2.55. The van der Waals surface area contributed by atoms with E-state index in [1.165, 1.54) is 17.9 Å². The van der Waals surface area contributed by atoms with Gasteiger partial charge >= 0.3 is 12.2 Å². The van der Waals surface area contributed by atoms with E-state index in [4.69, 9.17) is 0 Å². The van der Waals surface area contributed by atoms with Crippen molar-refractivity contribution in [2.24, 2.45) is 7.05 Å². The zero-order valence-corrected chi connectivity index (χ0v) is 20.8. The summed E-state index contributed by atoms with van der Waals surface area (Å²) in [7, 11) is 1.52. The first kappa shape index (κ1) is 26.2. The lowest BCUT2D eigenvalue weighted by Gasteiger charge is -2.40. The Balaban J connectivity index is 1.42. The molecular weight excluding hydrogens is 523 g/mol. The number of benzene rings is 2. The van der Waals surface area contributed by atoms with Gasteiger partial charge in [0.15, 0.2) is 17.4 Å². The molecule has 0 spiro atoms. The van der Waals surface area contributed by atoms with E-state index in [0.29, 0.717) is 42.7 Å². The van der Waals surface area contributed by atoms with E-state index >= 15 is 0 Å². The lowest BCUT2D eigenvalue weighted by atomic mass is 10.0. The average molecular weight is 546 g/mol. The number of rotatable bonds is 3. The number of aromatic hydroxyl groups is 1. The first-order chi connectivity index (χ1) is 18.5. The van der Waals surface area contributed by atoms with Gasteiger partial charge in [0.2, 0.25) is 0 Å². The van der Waals surface area contributed by atoms with Crippen LogP contribution in [0.4, 0.5) is 38.3 Å². The molecule has 0 bridgehead atoms. The Hall–Kier alpha value is -4.42. The monoisotopic (exact) mass is 546 g/mol. The predicted octanol–water partition coefficient (Wildman–Crippen LogP) is 5.38. The van der Waals surface area contributed by atoms with Gasteiger partial charge in [-0.2, -0.15) is 18.3 Å². The summed E-state index contributed by atoms with van der Waals surface area (Å²) in [4.78, 5) is 20.8. The number of urea groups is 1. The van der Waals surface area contributed by atoms with Crippen LogP contribution in [0.3, 0.4) is 0 Å². The lowest BCUT2D eigenvalue weighted by molar-refractivity contribution is -0.140. The van der Waals surface area contributed by atoms with Gasteiger partial charge in [-0.05, 0) is 25.1 Å². The normalized spacial score (nSPS) is 16.1. The third-order valence-corrected chi connectivity index (χ3v) is 6.69. The number of piperazine rings is 1. The highest BCUT2D eigenvalue weighted by Crippen LogP contribution is 2.41. The van der Waals surface area contributed by atoms with Crippen molar-refractivity contribution in [2.75, 3.05) is 29.9 Å². The van der Waals surface area contributed by atoms with E-state index in [0.717, 1.165) is 0 Å². The van der Waals surface area contributed by atoms with Gasteiger partial charge in [-0.1, -0.05) is 18.2 Å². The van der Waals surface area contributed by atoms with Gasteiger partial charge in [-0.25, -0.2) is 18.6 Å². The summed E-state index contributed by atoms with van der Waals surface area (Å²) in [5, 5.41) is 16.9. The molecule has 0 aliphatic carbocycles. The summed E-state index contributed by atoms with van der Waals surface area (Å²) in [5.74, 6) is -4.84. The van der Waals surface area contributed by atoms with Crippen molar-refractivity contribution < 1.29 is 31.9 Å². The Kier molecular flexibility index (Phi) is 6.52. The van der Waals surface area contributed by atoms with Crippen LogP contribution in [0.1, 0.15) is 12.5 Å². The highest BCUT2D eigenvalue weighted by Gasteiger charge is 2.38. The van der Waals surface area contributed by atoms with E-state index in [2.05, 4.69) is 15.4 Å². The second-order valence-electron chi connectivity index (χ2n) is 9.26. The van der Waals surface area contributed by atoms with Crippen molar-refractivity contribution in [2.45, 2.75) is 19.1 Å². The number of fused-ring (bicyclic) bond motifs is 1. The third kappa shape index (κ3) is 4.79. The van der Waals surface area contributed by atoms with E-state index in [1.807, 2.05) is 30.0 Å². The molecular formula is C26H23F5N6O2. The second-order valence-corrected chi connectivity index (χ2v) is 9.26. The fraction of sp³-hybridized carbons (Fsp3) is 0.269. The molecule has 1 fully saturated rings. The summed E-state index contributed by atoms with van der Waals surface area (Å²) < 4.78 is 70.0. The van der Waals surface area contributed by atoms with Gasteiger partial charge in [0.25, 0.3) is 0 Å². The molecule has 1 saturated heterocycles. The maximum atomic E-state index is 14.7. The maximum absolute atomic E-state index is 14.7. The van der Waals surface area contributed by atoms with Crippen LogP contribution in [0.25, 0.3) is 22.2 Å². The molecule has 0 saturated carbocycles. The highest BCUT2D eigenvalue weighted by atomic mass is 19.4. The molecule has 4 aromatic rings. The van der Waals surface area contributed by atoms with E-state index in [1.54, 1.807) is 23.1 Å². The number of carbonyl (C=O) groups excluding carboxylic acids is 1. The molecule has 3 heterocycles. The summed E-state index contributed by atoms with van der Waals surface area (Å²) in [5.41, 5.74) is -1.61. The van der Waals surface area contributed by atoms with Gasteiger partial charge in [0.05, 0.1) is 11.1 Å². The molecule has 39 heavy (non-hydrogen) atoms. The van der Waals surface area contributed by atoms with Crippen LogP contribution < -0.4 is 10.2 Å². The average Bonchev–Trinajstić information content (AvgIpc) is 3.22. The molecule has 204 valence electrons. The fourth-order valence-electron chi connectivity index (χ4n) is 4.71. The standard InChI is InChI=1S/C26H23F5N6O2/c1-14-13-36(25(39)33-15-6-4-3-5-7-15)8-9-37(14)20-11-19-17(12-32-20)23(34-35(19)2)16-10-18(26(29,30)31)22(28)24(38)21(16)27/h3-7,10-12,14,38H,8-9,13H2,1-2H3,(H,33,39). The number of nitrogens with zero attached hydrogens (tertiary/aromatic N) is 5. The molecule has 1 atom stereocenters. The number of hydrogen-bond acceptors (Lipinski definition) is 5. The van der Waals surface area contributed by atoms with Gasteiger partial charge in [0, 0.05) is 61.6 Å². The molecule has 1 aliphatic rings. The molecule has 2 amide bonds. The number of phenols is 1. The Labute approximate surface area is 219 Å². The van der Waals surface area contributed by atoms with Crippen LogP contribution >= 0.6 is 0 Å². The zero-order valence-electron chi connectivity index (χ0n) is 20.8. The topological polar surface area (TPSA) is 86.5 Å². The predicted molar refractivity (Wildman–Crippen MR) is 134 cm³/mol. The number of nitrogens with one attached hydrogen (secondary N) is 1. The van der Waals surface area contributed by atoms with Gasteiger partial charge in [-0.15, -0.1) is 0 Å². The molecule has 8 nitrogen and oxygen atoms in total. The minimum atomic E-state index is -5.16. The third-order valence-electron chi connectivity index (χ3n) is 6.69. The van der Waals surface area contributed by atoms with Crippen molar-refractivity contribution in [3.05, 3.63) is 65.9 Å². The Bertz CT molecular complexity index is 1560. The van der Waals surface area contributed by atoms with Crippen molar-refractivity contribution >= 4 is 28.4 Å². The van der Waals surface area contributed by atoms with Crippen molar-refractivity contribution in [1.82, 2.24) is 19.7 Å². The van der Waals surface area contributed by atoms with Crippen LogP contribution in [-0.2, 0) is 13.2 Å². The van der Waals surface area contributed by atoms with Crippen LogP contribution in [0.5, 0.6) is 5.75 Å². The molecule has 5 rings (SSSR count). The van der Waals surface area contributed by atoms with Crippen LogP contribution in [0.15, 0.2) is 48.7 Å². The zero-order chi connectivity index (χ0) is 28.1. The number of anilines is 2. The van der Waals surface area contributed by atoms with Crippen LogP contribution in [-0.4, -0.2) is 56.5 Å². The summed E-state index contributed by atoms with van der Waals surface area (Å²) in [6.45, 7) is 3.22. The minimum absolute atomic E-state index is 0.126. The number of alkyl halides is 3. The number of carbonyl (C=O) groups is 1. The smallest absolute Gasteiger partial charge is 0.419 e. The summed E-state index contributed by atoms with van der Waals surface area (Å²) >= 11 is 0. The Morgan fingerprint density at radius 1 is 1.10 bits per heavy atom. The molecule has 1 unspecified atom stereocenters. The second kappa shape index (κ2) is 9.71. The van der Waals surface area contributed by atoms with Gasteiger partial charge < -0.3 is 20.2 Å². The Morgan fingerprint density at radius 3 is 2.49 bits per heavy atom. The number of phenolic OH excluding ortho intramolecular Hbond substituents is 1. The quantitative estimate of drug-likeness (QED) is 0.337. The number of halogens is 5. The Morgan fingerprint density at radius 2 is 1.82 bits per heavy atom. The summed E-state index contributed by atoms with van der Waals surface area (Å²) in [6.07, 6.45) is -3.81. The molecule has 13 heteroatoms. The van der Waals surface area contributed by atoms with Crippen molar-refractivity contribution in [3.8, 4) is 17.0 Å². The number of aromatic nitrogens is 3. The van der Waals surface area contributed by atoms with E-state index in [9.17, 15) is 31.9 Å². The number of pyridine rings is 1. The number of hydrogen-bond donors (Lipinski definition) is 2. The molecule has 2 N–H and O–H groups in total.